The van der Waals surface area contributed by atoms with Crippen LogP contribution in [0.5, 0.6) is 17.4 Å². The minimum absolute atomic E-state index is 0.243. The Kier molecular flexibility index (Phi) is 5.46. The largest absolute Gasteiger partial charge is 0.497 e. The van der Waals surface area contributed by atoms with Crippen molar-refractivity contribution in [3.63, 3.8) is 0 Å². The van der Waals surface area contributed by atoms with Gasteiger partial charge in [0, 0.05) is 36.1 Å². The van der Waals surface area contributed by atoms with Gasteiger partial charge in [-0.25, -0.2) is 4.98 Å². The highest BCUT2D eigenvalue weighted by Crippen LogP contribution is 2.22. The molecule has 0 aliphatic rings. The van der Waals surface area contributed by atoms with E-state index in [-0.39, 0.29) is 5.91 Å². The molecule has 0 atom stereocenters. The highest BCUT2D eigenvalue weighted by Gasteiger charge is 2.09. The maximum Gasteiger partial charge on any atom is 0.255 e. The Labute approximate surface area is 151 Å². The number of hydrogen-bond donors (Lipinski definition) is 2. The highest BCUT2D eigenvalue weighted by molar-refractivity contribution is 6.04. The fourth-order valence-electron chi connectivity index (χ4n) is 2.36. The lowest BCUT2D eigenvalue weighted by Gasteiger charge is -2.09. The Morgan fingerprint density at radius 3 is 2.69 bits per heavy atom. The average molecular weight is 349 g/mol. The quantitative estimate of drug-likeness (QED) is 0.710. The van der Waals surface area contributed by atoms with Crippen LogP contribution in [0.2, 0.25) is 0 Å². The maximum absolute atomic E-state index is 12.5. The second kappa shape index (κ2) is 8.13. The van der Waals surface area contributed by atoms with Crippen molar-refractivity contribution in [1.82, 2.24) is 4.98 Å². The van der Waals surface area contributed by atoms with Gasteiger partial charge in [-0.05, 0) is 42.0 Å². The summed E-state index contributed by atoms with van der Waals surface area (Å²) >= 11 is 0. The molecule has 2 aromatic carbocycles. The summed E-state index contributed by atoms with van der Waals surface area (Å²) in [6, 6.07) is 17.6. The summed E-state index contributed by atoms with van der Waals surface area (Å²) in [4.78, 5) is 16.6. The van der Waals surface area contributed by atoms with Crippen molar-refractivity contribution in [2.45, 2.75) is 6.54 Å². The zero-order chi connectivity index (χ0) is 18.4. The van der Waals surface area contributed by atoms with E-state index in [9.17, 15) is 4.79 Å². The SMILES string of the molecule is COc1cccc(NC(=O)c2cccc(Oc3cc(CN)ccn3)c2)c1. The van der Waals surface area contributed by atoms with Crippen LogP contribution in [-0.2, 0) is 6.54 Å². The van der Waals surface area contributed by atoms with Gasteiger partial charge in [0.05, 0.1) is 7.11 Å². The minimum atomic E-state index is -0.243. The van der Waals surface area contributed by atoms with Gasteiger partial charge in [-0.1, -0.05) is 12.1 Å². The standard InChI is InChI=1S/C20H19N3O3/c1-25-17-6-3-5-16(12-17)23-20(24)15-4-2-7-18(11-15)26-19-10-14(13-21)8-9-22-19/h2-12H,13,21H2,1H3,(H,23,24). The van der Waals surface area contributed by atoms with Crippen molar-refractivity contribution in [1.29, 1.82) is 0 Å². The third kappa shape index (κ3) is 4.37. The average Bonchev–Trinajstić information content (AvgIpc) is 2.68. The predicted octanol–water partition coefficient (Wildman–Crippen LogP) is 3.59. The maximum atomic E-state index is 12.5. The molecule has 3 rings (SSSR count). The number of nitrogens with two attached hydrogens (primary N) is 1. The number of benzene rings is 2. The van der Waals surface area contributed by atoms with Gasteiger partial charge in [0.2, 0.25) is 5.88 Å². The lowest BCUT2D eigenvalue weighted by Crippen LogP contribution is -2.11. The van der Waals surface area contributed by atoms with Crippen LogP contribution < -0.4 is 20.5 Å². The molecule has 0 saturated heterocycles. The van der Waals surface area contributed by atoms with Crippen molar-refractivity contribution in [2.24, 2.45) is 5.73 Å². The molecule has 1 aromatic heterocycles. The lowest BCUT2D eigenvalue weighted by molar-refractivity contribution is 0.102. The third-order valence-corrected chi connectivity index (χ3v) is 3.68. The van der Waals surface area contributed by atoms with Crippen molar-refractivity contribution < 1.29 is 14.3 Å². The van der Waals surface area contributed by atoms with Gasteiger partial charge in [-0.2, -0.15) is 0 Å². The molecule has 0 spiro atoms. The van der Waals surface area contributed by atoms with Crippen molar-refractivity contribution in [3.8, 4) is 17.4 Å². The molecule has 0 radical (unpaired) electrons. The molecule has 3 aromatic rings. The Bertz CT molecular complexity index is 912. The molecule has 0 saturated carbocycles. The first-order valence-electron chi connectivity index (χ1n) is 8.06. The lowest BCUT2D eigenvalue weighted by atomic mass is 10.2. The molecule has 6 heteroatoms. The van der Waals surface area contributed by atoms with Gasteiger partial charge in [0.1, 0.15) is 11.5 Å². The number of rotatable bonds is 6. The number of amides is 1. The molecule has 6 nitrogen and oxygen atoms in total. The van der Waals surface area contributed by atoms with E-state index in [4.69, 9.17) is 15.2 Å². The molecule has 0 unspecified atom stereocenters. The zero-order valence-corrected chi connectivity index (χ0v) is 14.3. The van der Waals surface area contributed by atoms with Gasteiger partial charge >= 0.3 is 0 Å². The number of ether oxygens (including phenoxy) is 2. The van der Waals surface area contributed by atoms with Gasteiger partial charge in [-0.15, -0.1) is 0 Å². The fourth-order valence-corrected chi connectivity index (χ4v) is 2.36. The Balaban J connectivity index is 1.74. The number of carbonyl (C=O) groups is 1. The first-order chi connectivity index (χ1) is 12.7. The number of carbonyl (C=O) groups excluding carboxylic acids is 1. The van der Waals surface area contributed by atoms with E-state index >= 15 is 0 Å². The zero-order valence-electron chi connectivity index (χ0n) is 14.3. The summed E-state index contributed by atoms with van der Waals surface area (Å²) in [7, 11) is 1.58. The molecule has 0 aliphatic carbocycles. The van der Waals surface area contributed by atoms with Gasteiger partial charge in [-0.3, -0.25) is 4.79 Å². The number of methoxy groups -OCH3 is 1. The first kappa shape index (κ1) is 17.4. The summed E-state index contributed by atoms with van der Waals surface area (Å²) < 4.78 is 10.9. The van der Waals surface area contributed by atoms with Crippen molar-refractivity contribution in [3.05, 3.63) is 78.0 Å². The van der Waals surface area contributed by atoms with Crippen LogP contribution in [0.3, 0.4) is 0 Å². The second-order valence-corrected chi connectivity index (χ2v) is 5.52. The molecule has 0 aliphatic heterocycles. The van der Waals surface area contributed by atoms with Crippen LogP contribution in [0.4, 0.5) is 5.69 Å². The van der Waals surface area contributed by atoms with E-state index in [0.29, 0.717) is 35.2 Å². The molecule has 1 amide bonds. The van der Waals surface area contributed by atoms with Crippen molar-refractivity contribution in [2.75, 3.05) is 12.4 Å². The Morgan fingerprint density at radius 2 is 1.88 bits per heavy atom. The predicted molar refractivity (Wildman–Crippen MR) is 99.6 cm³/mol. The number of hydrogen-bond acceptors (Lipinski definition) is 5. The van der Waals surface area contributed by atoms with E-state index in [1.807, 2.05) is 18.2 Å². The minimum Gasteiger partial charge on any atom is -0.497 e. The number of nitrogens with one attached hydrogen (secondary N) is 1. The van der Waals surface area contributed by atoms with Crippen LogP contribution in [0.15, 0.2) is 66.9 Å². The van der Waals surface area contributed by atoms with Crippen molar-refractivity contribution >= 4 is 11.6 Å². The number of nitrogens with zero attached hydrogens (tertiary/aromatic N) is 1. The third-order valence-electron chi connectivity index (χ3n) is 3.68. The molecule has 1 heterocycles. The molecular formula is C20H19N3O3. The Hall–Kier alpha value is -3.38. The van der Waals surface area contributed by atoms with Crippen LogP contribution in [0.1, 0.15) is 15.9 Å². The monoisotopic (exact) mass is 349 g/mol. The molecule has 0 fully saturated rings. The Morgan fingerprint density at radius 1 is 1.08 bits per heavy atom. The van der Waals surface area contributed by atoms with E-state index in [1.54, 1.807) is 55.8 Å². The van der Waals surface area contributed by atoms with E-state index in [0.717, 1.165) is 5.56 Å². The smallest absolute Gasteiger partial charge is 0.255 e. The molecule has 132 valence electrons. The van der Waals surface area contributed by atoms with Crippen LogP contribution in [-0.4, -0.2) is 18.0 Å². The first-order valence-corrected chi connectivity index (χ1v) is 8.06. The highest BCUT2D eigenvalue weighted by atomic mass is 16.5. The van der Waals surface area contributed by atoms with E-state index < -0.39 is 0 Å². The number of aromatic nitrogens is 1. The molecular weight excluding hydrogens is 330 g/mol. The molecule has 26 heavy (non-hydrogen) atoms. The summed E-state index contributed by atoms with van der Waals surface area (Å²) in [5.74, 6) is 1.38. The number of anilines is 1. The number of pyridine rings is 1. The summed E-state index contributed by atoms with van der Waals surface area (Å²) in [5, 5.41) is 2.84. The summed E-state index contributed by atoms with van der Waals surface area (Å²) in [5.41, 5.74) is 7.67. The fraction of sp³-hybridized carbons (Fsp3) is 0.100. The van der Waals surface area contributed by atoms with Crippen LogP contribution >= 0.6 is 0 Å². The molecule has 3 N–H and O–H groups in total. The van der Waals surface area contributed by atoms with Gasteiger partial charge in [0.25, 0.3) is 5.91 Å². The summed E-state index contributed by atoms with van der Waals surface area (Å²) in [6.07, 6.45) is 1.64. The summed E-state index contributed by atoms with van der Waals surface area (Å²) in [6.45, 7) is 0.405. The van der Waals surface area contributed by atoms with Crippen LogP contribution in [0, 0.1) is 0 Å². The topological polar surface area (TPSA) is 86.5 Å². The van der Waals surface area contributed by atoms with Gasteiger partial charge in [0.15, 0.2) is 0 Å². The van der Waals surface area contributed by atoms with Gasteiger partial charge < -0.3 is 20.5 Å². The van der Waals surface area contributed by atoms with E-state index in [1.165, 1.54) is 0 Å². The van der Waals surface area contributed by atoms with E-state index in [2.05, 4.69) is 10.3 Å². The second-order valence-electron chi connectivity index (χ2n) is 5.52. The van der Waals surface area contributed by atoms with Crippen LogP contribution in [0.25, 0.3) is 0 Å². The normalized spacial score (nSPS) is 10.2. The molecule has 0 bridgehead atoms.